The van der Waals surface area contributed by atoms with Crippen molar-refractivity contribution in [1.82, 2.24) is 25.3 Å². The number of anilines is 1. The molecule has 1 fully saturated rings. The molecule has 0 spiro atoms. The molecule has 10 nitrogen and oxygen atoms in total. The number of methoxy groups -OCH3 is 2. The summed E-state index contributed by atoms with van der Waals surface area (Å²) in [6.45, 7) is 4.75. The van der Waals surface area contributed by atoms with Gasteiger partial charge in [-0.05, 0) is 36.6 Å². The molecule has 214 valence electrons. The molecule has 2 aromatic carbocycles. The zero-order valence-electron chi connectivity index (χ0n) is 24.1. The van der Waals surface area contributed by atoms with Gasteiger partial charge in [0.1, 0.15) is 24.9 Å². The highest BCUT2D eigenvalue weighted by molar-refractivity contribution is 5.96. The van der Waals surface area contributed by atoms with Crippen LogP contribution in [0.2, 0.25) is 0 Å². The summed E-state index contributed by atoms with van der Waals surface area (Å²) in [4.78, 5) is 25.4. The van der Waals surface area contributed by atoms with E-state index in [1.54, 1.807) is 20.5 Å². The predicted molar refractivity (Wildman–Crippen MR) is 161 cm³/mol. The lowest BCUT2D eigenvalue weighted by Gasteiger charge is -2.33. The monoisotopic (exact) mass is 555 g/mol. The van der Waals surface area contributed by atoms with E-state index >= 15 is 0 Å². The SMILES string of the molecule is CNCC(COc1cc2c(N3CC(=Nc4ncc(Cc5ccccc5)cn4)CC(C)C3)ncnc2cc1OC)OC. The fourth-order valence-electron chi connectivity index (χ4n) is 5.10. The van der Waals surface area contributed by atoms with Gasteiger partial charge in [0, 0.05) is 56.2 Å². The molecule has 1 aliphatic heterocycles. The molecule has 0 bridgehead atoms. The van der Waals surface area contributed by atoms with Crippen LogP contribution in [0.1, 0.15) is 24.5 Å². The minimum absolute atomic E-state index is 0.0942. The third-order valence-electron chi connectivity index (χ3n) is 7.08. The largest absolute Gasteiger partial charge is 0.493 e. The molecular weight excluding hydrogens is 518 g/mol. The number of likely N-dealkylation sites (N-methyl/N-ethyl adjacent to an activating group) is 1. The summed E-state index contributed by atoms with van der Waals surface area (Å²) in [6, 6.07) is 14.2. The van der Waals surface area contributed by atoms with Gasteiger partial charge in [0.2, 0.25) is 5.95 Å². The number of aliphatic imine (C=N–C) groups is 1. The van der Waals surface area contributed by atoms with Gasteiger partial charge in [0.05, 0.1) is 19.2 Å². The summed E-state index contributed by atoms with van der Waals surface area (Å²) >= 11 is 0. The highest BCUT2D eigenvalue weighted by atomic mass is 16.5. The van der Waals surface area contributed by atoms with Crippen LogP contribution in [0.25, 0.3) is 10.9 Å². The van der Waals surface area contributed by atoms with Crippen molar-refractivity contribution in [3.8, 4) is 11.5 Å². The molecule has 2 unspecified atom stereocenters. The van der Waals surface area contributed by atoms with Crippen LogP contribution in [0.5, 0.6) is 11.5 Å². The van der Waals surface area contributed by atoms with Crippen LogP contribution < -0.4 is 19.7 Å². The summed E-state index contributed by atoms with van der Waals surface area (Å²) < 4.78 is 17.3. The van der Waals surface area contributed by atoms with E-state index in [0.29, 0.717) is 43.1 Å². The van der Waals surface area contributed by atoms with Crippen LogP contribution in [-0.2, 0) is 11.2 Å². The van der Waals surface area contributed by atoms with Gasteiger partial charge in [0.15, 0.2) is 11.5 Å². The zero-order valence-corrected chi connectivity index (χ0v) is 24.1. The molecule has 4 aromatic rings. The number of piperidine rings is 1. The Balaban J connectivity index is 1.37. The van der Waals surface area contributed by atoms with Crippen molar-refractivity contribution in [2.75, 3.05) is 52.4 Å². The molecule has 3 heterocycles. The second-order valence-electron chi connectivity index (χ2n) is 10.4. The molecule has 1 N–H and O–H groups in total. The summed E-state index contributed by atoms with van der Waals surface area (Å²) in [5.41, 5.74) is 4.09. The quantitative estimate of drug-likeness (QED) is 0.291. The number of rotatable bonds is 11. The van der Waals surface area contributed by atoms with E-state index < -0.39 is 0 Å². The fourth-order valence-corrected chi connectivity index (χ4v) is 5.10. The highest BCUT2D eigenvalue weighted by Gasteiger charge is 2.25. The highest BCUT2D eigenvalue weighted by Crippen LogP contribution is 2.36. The predicted octanol–water partition coefficient (Wildman–Crippen LogP) is 4.25. The van der Waals surface area contributed by atoms with Crippen molar-refractivity contribution in [2.45, 2.75) is 25.9 Å². The molecule has 5 rings (SSSR count). The average molecular weight is 556 g/mol. The third-order valence-corrected chi connectivity index (χ3v) is 7.08. The summed E-state index contributed by atoms with van der Waals surface area (Å²) in [6.07, 6.45) is 6.89. The van der Waals surface area contributed by atoms with E-state index in [0.717, 1.165) is 47.4 Å². The van der Waals surface area contributed by atoms with Gasteiger partial charge in [-0.15, -0.1) is 0 Å². The maximum absolute atomic E-state index is 6.15. The van der Waals surface area contributed by atoms with Crippen molar-refractivity contribution < 1.29 is 14.2 Å². The van der Waals surface area contributed by atoms with Crippen molar-refractivity contribution in [3.63, 3.8) is 0 Å². The lowest BCUT2D eigenvalue weighted by Crippen LogP contribution is -2.40. The number of benzene rings is 2. The smallest absolute Gasteiger partial charge is 0.249 e. The molecule has 10 heteroatoms. The van der Waals surface area contributed by atoms with Crippen molar-refractivity contribution in [1.29, 1.82) is 0 Å². The Bertz CT molecular complexity index is 1460. The Hall–Kier alpha value is -4.15. The second-order valence-corrected chi connectivity index (χ2v) is 10.4. The number of ether oxygens (including phenoxy) is 3. The Morgan fingerprint density at radius 3 is 2.56 bits per heavy atom. The Morgan fingerprint density at radius 2 is 1.83 bits per heavy atom. The number of aromatic nitrogens is 4. The number of nitrogens with one attached hydrogen (secondary N) is 1. The first-order chi connectivity index (χ1) is 20.1. The van der Waals surface area contributed by atoms with Gasteiger partial charge in [0.25, 0.3) is 0 Å². The lowest BCUT2D eigenvalue weighted by atomic mass is 9.98. The summed E-state index contributed by atoms with van der Waals surface area (Å²) in [7, 11) is 5.19. The van der Waals surface area contributed by atoms with E-state index in [1.807, 2.05) is 49.8 Å². The van der Waals surface area contributed by atoms with Crippen molar-refractivity contribution in [2.24, 2.45) is 10.9 Å². The number of fused-ring (bicyclic) bond motifs is 1. The topological polar surface area (TPSA) is 107 Å². The zero-order chi connectivity index (χ0) is 28.6. The van der Waals surface area contributed by atoms with Crippen LogP contribution in [-0.4, -0.2) is 79.3 Å². The maximum Gasteiger partial charge on any atom is 0.249 e. The molecule has 0 radical (unpaired) electrons. The minimum Gasteiger partial charge on any atom is -0.493 e. The Morgan fingerprint density at radius 1 is 1.02 bits per heavy atom. The third kappa shape index (κ3) is 7.14. The first-order valence-electron chi connectivity index (χ1n) is 13.9. The second kappa shape index (κ2) is 13.5. The van der Waals surface area contributed by atoms with Gasteiger partial charge >= 0.3 is 0 Å². The summed E-state index contributed by atoms with van der Waals surface area (Å²) in [5, 5.41) is 4.01. The first kappa shape index (κ1) is 28.4. The fraction of sp³-hybridized carbons (Fsp3) is 0.387. The van der Waals surface area contributed by atoms with E-state index in [2.05, 4.69) is 44.2 Å². The molecule has 0 aliphatic carbocycles. The normalized spacial score (nSPS) is 17.1. The van der Waals surface area contributed by atoms with Crippen molar-refractivity contribution in [3.05, 3.63) is 72.3 Å². The maximum atomic E-state index is 6.15. The molecule has 0 amide bonds. The van der Waals surface area contributed by atoms with E-state index in [-0.39, 0.29) is 6.10 Å². The van der Waals surface area contributed by atoms with Gasteiger partial charge in [-0.25, -0.2) is 24.9 Å². The molecule has 1 saturated heterocycles. The van der Waals surface area contributed by atoms with Crippen LogP contribution in [0.15, 0.2) is 66.2 Å². The van der Waals surface area contributed by atoms with Crippen LogP contribution in [0, 0.1) is 5.92 Å². The molecule has 41 heavy (non-hydrogen) atoms. The lowest BCUT2D eigenvalue weighted by molar-refractivity contribution is 0.0586. The first-order valence-corrected chi connectivity index (χ1v) is 13.9. The number of nitrogens with zero attached hydrogens (tertiary/aromatic N) is 6. The van der Waals surface area contributed by atoms with Crippen LogP contribution in [0.3, 0.4) is 0 Å². The number of hydrogen-bond acceptors (Lipinski definition) is 10. The Labute approximate surface area is 240 Å². The Kier molecular flexibility index (Phi) is 9.33. The minimum atomic E-state index is -0.0942. The van der Waals surface area contributed by atoms with Crippen LogP contribution in [0.4, 0.5) is 11.8 Å². The van der Waals surface area contributed by atoms with Crippen LogP contribution >= 0.6 is 0 Å². The number of hydrogen-bond donors (Lipinski definition) is 1. The van der Waals surface area contributed by atoms with E-state index in [9.17, 15) is 0 Å². The molecule has 2 atom stereocenters. The van der Waals surface area contributed by atoms with Gasteiger partial charge in [-0.2, -0.15) is 0 Å². The summed E-state index contributed by atoms with van der Waals surface area (Å²) in [5.74, 6) is 2.93. The van der Waals surface area contributed by atoms with Gasteiger partial charge < -0.3 is 24.4 Å². The van der Waals surface area contributed by atoms with Crippen molar-refractivity contribution >= 4 is 28.4 Å². The van der Waals surface area contributed by atoms with E-state index in [1.165, 1.54) is 5.56 Å². The van der Waals surface area contributed by atoms with Gasteiger partial charge in [-0.1, -0.05) is 37.3 Å². The molecule has 2 aromatic heterocycles. The average Bonchev–Trinajstić information content (AvgIpc) is 2.99. The molecule has 0 saturated carbocycles. The molecule has 1 aliphatic rings. The molecular formula is C31H37N7O3. The standard InChI is InChI=1S/C31H37N7O3/c1-21-10-24(37-31-33-14-23(15-34-31)11-22-8-6-5-7-9-22)18-38(17-21)30-26-12-29(41-19-25(39-3)16-32-2)28(40-4)13-27(26)35-20-36-30/h5-9,12-15,20-21,25,32H,10-11,16-19H2,1-4H3. The van der Waals surface area contributed by atoms with Gasteiger partial charge in [-0.3, -0.25) is 0 Å². The van der Waals surface area contributed by atoms with E-state index in [4.69, 9.17) is 24.2 Å².